The molecule has 150 valence electrons. The molecule has 1 amide bonds. The van der Waals surface area contributed by atoms with Crippen LogP contribution in [-0.2, 0) is 16.1 Å². The molecule has 1 aliphatic heterocycles. The van der Waals surface area contributed by atoms with Crippen molar-refractivity contribution in [3.63, 3.8) is 0 Å². The third-order valence-electron chi connectivity index (χ3n) is 4.81. The first-order chi connectivity index (χ1) is 13.5. The van der Waals surface area contributed by atoms with Gasteiger partial charge in [0.2, 0.25) is 0 Å². The van der Waals surface area contributed by atoms with Gasteiger partial charge in [0.25, 0.3) is 5.91 Å². The number of rotatable bonds is 8. The Kier molecular flexibility index (Phi) is 6.87. The lowest BCUT2D eigenvalue weighted by molar-refractivity contribution is -0.135. The zero-order valence-corrected chi connectivity index (χ0v) is 16.4. The number of hydrogen-bond acceptors (Lipinski definition) is 4. The summed E-state index contributed by atoms with van der Waals surface area (Å²) in [5.41, 5.74) is 2.13. The lowest BCUT2D eigenvalue weighted by atomic mass is 10.1. The van der Waals surface area contributed by atoms with E-state index in [2.05, 4.69) is 0 Å². The number of nitrogens with zero attached hydrogens (tertiary/aromatic N) is 2. The van der Waals surface area contributed by atoms with Gasteiger partial charge in [0.1, 0.15) is 0 Å². The molecule has 2 aromatic carbocycles. The maximum absolute atomic E-state index is 13.7. The van der Waals surface area contributed by atoms with E-state index in [1.807, 2.05) is 43.3 Å². The number of ether oxygens (including phenoxy) is 2. The average Bonchev–Trinajstić information content (AvgIpc) is 3.20. The molecule has 5 nitrogen and oxygen atoms in total. The molecule has 1 aliphatic rings. The van der Waals surface area contributed by atoms with E-state index in [1.165, 1.54) is 12.1 Å². The first kappa shape index (κ1) is 20.1. The van der Waals surface area contributed by atoms with Gasteiger partial charge in [-0.05, 0) is 42.7 Å². The summed E-state index contributed by atoms with van der Waals surface area (Å²) in [5, 5.41) is 0. The van der Waals surface area contributed by atoms with Gasteiger partial charge >= 0.3 is 0 Å². The molecule has 1 fully saturated rings. The van der Waals surface area contributed by atoms with Gasteiger partial charge in [0.15, 0.2) is 18.2 Å². The molecule has 0 spiro atoms. The number of carbonyl (C=O) groups is 1. The Labute approximate surface area is 165 Å². The van der Waals surface area contributed by atoms with Gasteiger partial charge in [-0.2, -0.15) is 0 Å². The van der Waals surface area contributed by atoms with Crippen molar-refractivity contribution in [1.29, 1.82) is 0 Å². The molecule has 1 heterocycles. The number of hydrogen-bond donors (Lipinski definition) is 0. The van der Waals surface area contributed by atoms with Crippen LogP contribution < -0.4 is 9.64 Å². The molecule has 0 aliphatic carbocycles. The maximum atomic E-state index is 13.7. The van der Waals surface area contributed by atoms with Crippen LogP contribution in [-0.4, -0.2) is 50.8 Å². The van der Waals surface area contributed by atoms with Gasteiger partial charge in [-0.15, -0.1) is 0 Å². The van der Waals surface area contributed by atoms with Crippen LogP contribution in [0.5, 0.6) is 5.75 Å². The van der Waals surface area contributed by atoms with Crippen molar-refractivity contribution in [2.24, 2.45) is 0 Å². The molecule has 1 atom stereocenters. The zero-order valence-electron chi connectivity index (χ0n) is 16.4. The topological polar surface area (TPSA) is 42.0 Å². The molecular formula is C22H27FN2O3. The smallest absolute Gasteiger partial charge is 0.260 e. The second-order valence-corrected chi connectivity index (χ2v) is 7.19. The van der Waals surface area contributed by atoms with Crippen LogP contribution >= 0.6 is 0 Å². The Morgan fingerprint density at radius 1 is 1.18 bits per heavy atom. The first-order valence-corrected chi connectivity index (χ1v) is 9.56. The van der Waals surface area contributed by atoms with Crippen LogP contribution in [0.4, 0.5) is 10.1 Å². The molecule has 0 N–H and O–H groups in total. The fourth-order valence-electron chi connectivity index (χ4n) is 3.20. The van der Waals surface area contributed by atoms with E-state index in [0.717, 1.165) is 30.7 Å². The Morgan fingerprint density at radius 3 is 2.57 bits per heavy atom. The fourth-order valence-corrected chi connectivity index (χ4v) is 3.20. The Hall–Kier alpha value is -2.60. The van der Waals surface area contributed by atoms with Crippen LogP contribution in [0.15, 0.2) is 48.5 Å². The van der Waals surface area contributed by atoms with Crippen LogP contribution in [0.2, 0.25) is 0 Å². The highest BCUT2D eigenvalue weighted by molar-refractivity contribution is 5.77. The fraction of sp³-hybridized carbons (Fsp3) is 0.409. The van der Waals surface area contributed by atoms with Gasteiger partial charge in [-0.3, -0.25) is 4.79 Å². The molecule has 3 rings (SSSR count). The Morgan fingerprint density at radius 2 is 1.93 bits per heavy atom. The number of benzene rings is 2. The average molecular weight is 386 g/mol. The van der Waals surface area contributed by atoms with Crippen molar-refractivity contribution < 1.29 is 18.7 Å². The molecule has 1 saturated heterocycles. The van der Waals surface area contributed by atoms with Gasteiger partial charge in [-0.1, -0.05) is 24.3 Å². The minimum absolute atomic E-state index is 0.0402. The van der Waals surface area contributed by atoms with Gasteiger partial charge in [0.05, 0.1) is 6.10 Å². The van der Waals surface area contributed by atoms with Crippen molar-refractivity contribution in [3.05, 3.63) is 59.9 Å². The van der Waals surface area contributed by atoms with Crippen molar-refractivity contribution in [1.82, 2.24) is 4.90 Å². The van der Waals surface area contributed by atoms with Crippen molar-refractivity contribution in [3.8, 4) is 5.75 Å². The molecule has 0 aromatic heterocycles. The normalized spacial score (nSPS) is 16.0. The maximum Gasteiger partial charge on any atom is 0.260 e. The summed E-state index contributed by atoms with van der Waals surface area (Å²) in [5.74, 6) is -0.570. The lowest BCUT2D eigenvalue weighted by Gasteiger charge is -2.26. The minimum atomic E-state index is -0.472. The monoisotopic (exact) mass is 386 g/mol. The highest BCUT2D eigenvalue weighted by atomic mass is 19.1. The molecule has 0 bridgehead atoms. The molecule has 0 radical (unpaired) electrons. The summed E-state index contributed by atoms with van der Waals surface area (Å²) in [7, 11) is 3.98. The standard InChI is InChI=1S/C22H27FN2O3/c1-24(2)18-11-9-17(10-12-18)14-25(15-19-6-5-13-27-19)22(26)16-28-21-8-4-3-7-20(21)23/h3-4,7-12,19H,5-6,13-16H2,1-2H3/t19-/m0/s1. The van der Waals surface area contributed by atoms with Crippen molar-refractivity contribution >= 4 is 11.6 Å². The molecule has 0 unspecified atom stereocenters. The third kappa shape index (κ3) is 5.45. The van der Waals surface area contributed by atoms with E-state index in [-0.39, 0.29) is 24.4 Å². The van der Waals surface area contributed by atoms with Crippen molar-refractivity contribution in [2.75, 3.05) is 38.8 Å². The second-order valence-electron chi connectivity index (χ2n) is 7.19. The molecule has 6 heteroatoms. The van der Waals surface area contributed by atoms with Crippen LogP contribution in [0.3, 0.4) is 0 Å². The highest BCUT2D eigenvalue weighted by Gasteiger charge is 2.23. The quantitative estimate of drug-likeness (QED) is 0.697. The van der Waals surface area contributed by atoms with E-state index < -0.39 is 5.82 Å². The number of anilines is 1. The van der Waals surface area contributed by atoms with E-state index >= 15 is 0 Å². The Balaban J connectivity index is 1.66. The summed E-state index contributed by atoms with van der Waals surface area (Å²) in [4.78, 5) is 16.6. The zero-order chi connectivity index (χ0) is 19.9. The van der Waals surface area contributed by atoms with E-state index in [9.17, 15) is 9.18 Å². The van der Waals surface area contributed by atoms with Gasteiger partial charge in [-0.25, -0.2) is 4.39 Å². The predicted octanol–water partition coefficient (Wildman–Crippen LogP) is 3.48. The first-order valence-electron chi connectivity index (χ1n) is 9.56. The summed E-state index contributed by atoms with van der Waals surface area (Å²) in [6.07, 6.45) is 1.99. The van der Waals surface area contributed by atoms with Crippen LogP contribution in [0.1, 0.15) is 18.4 Å². The lowest BCUT2D eigenvalue weighted by Crippen LogP contribution is -2.39. The summed E-state index contributed by atoms with van der Waals surface area (Å²) in [6.45, 7) is 1.50. The van der Waals surface area contributed by atoms with Crippen molar-refractivity contribution in [2.45, 2.75) is 25.5 Å². The molecule has 2 aromatic rings. The number of amides is 1. The van der Waals surface area contributed by atoms with Crippen LogP contribution in [0.25, 0.3) is 0 Å². The second kappa shape index (κ2) is 9.55. The summed E-state index contributed by atoms with van der Waals surface area (Å²) >= 11 is 0. The number of carbonyl (C=O) groups excluding carboxylic acids is 1. The highest BCUT2D eigenvalue weighted by Crippen LogP contribution is 2.19. The molecule has 0 saturated carbocycles. The number of halogens is 1. The largest absolute Gasteiger partial charge is 0.481 e. The SMILES string of the molecule is CN(C)c1ccc(CN(C[C@@H]2CCCO2)C(=O)COc2ccccc2F)cc1. The number of para-hydroxylation sites is 1. The van der Waals surface area contributed by atoms with E-state index in [0.29, 0.717) is 13.1 Å². The minimum Gasteiger partial charge on any atom is -0.481 e. The van der Waals surface area contributed by atoms with E-state index in [4.69, 9.17) is 9.47 Å². The molecular weight excluding hydrogens is 359 g/mol. The summed E-state index contributed by atoms with van der Waals surface area (Å²) in [6, 6.07) is 14.2. The predicted molar refractivity (Wildman–Crippen MR) is 107 cm³/mol. The van der Waals surface area contributed by atoms with Gasteiger partial charge in [0, 0.05) is 39.5 Å². The van der Waals surface area contributed by atoms with Gasteiger partial charge < -0.3 is 19.3 Å². The van der Waals surface area contributed by atoms with Crippen LogP contribution in [0, 0.1) is 5.82 Å². The Bertz CT molecular complexity index is 774. The third-order valence-corrected chi connectivity index (χ3v) is 4.81. The molecule has 28 heavy (non-hydrogen) atoms. The summed E-state index contributed by atoms with van der Waals surface area (Å²) < 4.78 is 24.9. The van der Waals surface area contributed by atoms with E-state index in [1.54, 1.807) is 17.0 Å².